The van der Waals surface area contributed by atoms with E-state index in [-0.39, 0.29) is 11.7 Å². The monoisotopic (exact) mass is 401 g/mol. The molecule has 1 aliphatic rings. The molecule has 0 saturated carbocycles. The second kappa shape index (κ2) is 7.08. The van der Waals surface area contributed by atoms with Crippen LogP contribution >= 0.6 is 0 Å². The van der Waals surface area contributed by atoms with Crippen molar-refractivity contribution in [3.8, 4) is 28.3 Å². The third kappa shape index (κ3) is 3.84. The number of aromatic nitrogens is 2. The summed E-state index contributed by atoms with van der Waals surface area (Å²) in [4.78, 5) is 30.5. The first-order valence-electron chi connectivity index (χ1n) is 8.67. The molecular formula is C20H14F3N3O3. The number of pyridine rings is 1. The van der Waals surface area contributed by atoms with Crippen molar-refractivity contribution in [2.24, 2.45) is 0 Å². The number of carbonyl (C=O) groups is 2. The second-order valence-corrected chi connectivity index (χ2v) is 6.43. The molecule has 1 amide bonds. The molecule has 1 aliphatic heterocycles. The van der Waals surface area contributed by atoms with E-state index in [9.17, 15) is 22.8 Å². The van der Waals surface area contributed by atoms with E-state index >= 15 is 0 Å². The molecule has 0 saturated heterocycles. The summed E-state index contributed by atoms with van der Waals surface area (Å²) in [5, 5.41) is 2.78. The second-order valence-electron chi connectivity index (χ2n) is 6.43. The van der Waals surface area contributed by atoms with Gasteiger partial charge in [-0.25, -0.2) is 4.79 Å². The maximum Gasteiger partial charge on any atom is 0.491 e. The molecule has 0 aliphatic carbocycles. The van der Waals surface area contributed by atoms with Gasteiger partial charge in [0.1, 0.15) is 5.75 Å². The Morgan fingerprint density at radius 2 is 1.93 bits per heavy atom. The van der Waals surface area contributed by atoms with Crippen molar-refractivity contribution in [2.45, 2.75) is 12.6 Å². The Balaban J connectivity index is 1.64. The molecular weight excluding hydrogens is 387 g/mol. The summed E-state index contributed by atoms with van der Waals surface area (Å²) in [6.45, 7) is 0.566. The molecule has 3 heterocycles. The Morgan fingerprint density at radius 1 is 1.10 bits per heavy atom. The lowest BCUT2D eigenvalue weighted by atomic mass is 10.1. The Kier molecular flexibility index (Phi) is 4.57. The molecule has 2 N–H and O–H groups in total. The van der Waals surface area contributed by atoms with Crippen molar-refractivity contribution in [3.63, 3.8) is 0 Å². The van der Waals surface area contributed by atoms with Gasteiger partial charge < -0.3 is 15.0 Å². The maximum absolute atomic E-state index is 12.4. The Hall–Kier alpha value is -3.62. The predicted octanol–water partition coefficient (Wildman–Crippen LogP) is 3.50. The highest BCUT2D eigenvalue weighted by Gasteiger charge is 2.41. The number of halogens is 3. The minimum Gasteiger partial charge on any atom is -0.420 e. The largest absolute Gasteiger partial charge is 0.491 e. The van der Waals surface area contributed by atoms with Gasteiger partial charge in [-0.2, -0.15) is 13.2 Å². The molecule has 9 heteroatoms. The van der Waals surface area contributed by atoms with Crippen molar-refractivity contribution in [1.29, 1.82) is 0 Å². The molecule has 0 unspecified atom stereocenters. The molecule has 3 aromatic rings. The topological polar surface area (TPSA) is 84.1 Å². The fraction of sp³-hybridized carbons (Fsp3) is 0.150. The minimum absolute atomic E-state index is 0.137. The maximum atomic E-state index is 12.4. The number of amides is 1. The van der Waals surface area contributed by atoms with Gasteiger partial charge in [0.15, 0.2) is 0 Å². The number of ether oxygens (including phenoxy) is 1. The first-order chi connectivity index (χ1) is 13.8. The SMILES string of the molecule is O=C1NCCc2[nH]c(-c3ccnc(-c4cccc(OC(=O)C(F)(F)F)c4)c3)cc21. The molecule has 0 atom stereocenters. The van der Waals surface area contributed by atoms with Crippen LogP contribution in [0.5, 0.6) is 5.75 Å². The number of H-pyrrole nitrogens is 1. The van der Waals surface area contributed by atoms with Crippen LogP contribution in [0.3, 0.4) is 0 Å². The van der Waals surface area contributed by atoms with Gasteiger partial charge in [0.05, 0.1) is 11.3 Å². The van der Waals surface area contributed by atoms with Gasteiger partial charge in [-0.15, -0.1) is 0 Å². The van der Waals surface area contributed by atoms with E-state index in [0.29, 0.717) is 29.8 Å². The predicted molar refractivity (Wildman–Crippen MR) is 97.2 cm³/mol. The molecule has 0 fully saturated rings. The van der Waals surface area contributed by atoms with Crippen molar-refractivity contribution < 1.29 is 27.5 Å². The van der Waals surface area contributed by atoms with Gasteiger partial charge >= 0.3 is 12.1 Å². The summed E-state index contributed by atoms with van der Waals surface area (Å²) in [6, 6.07) is 10.9. The molecule has 0 spiro atoms. The van der Waals surface area contributed by atoms with Gasteiger partial charge in [0.2, 0.25) is 0 Å². The van der Waals surface area contributed by atoms with Gasteiger partial charge in [0.25, 0.3) is 5.91 Å². The van der Waals surface area contributed by atoms with Gasteiger partial charge in [-0.1, -0.05) is 12.1 Å². The third-order valence-corrected chi connectivity index (χ3v) is 4.45. The van der Waals surface area contributed by atoms with Crippen LogP contribution in [-0.4, -0.2) is 34.6 Å². The third-order valence-electron chi connectivity index (χ3n) is 4.45. The van der Waals surface area contributed by atoms with Crippen LogP contribution in [0.15, 0.2) is 48.7 Å². The van der Waals surface area contributed by atoms with E-state index in [1.165, 1.54) is 18.2 Å². The fourth-order valence-corrected chi connectivity index (χ4v) is 3.09. The number of aromatic amines is 1. The highest BCUT2D eigenvalue weighted by molar-refractivity contribution is 5.97. The normalized spacial score (nSPS) is 13.6. The lowest BCUT2D eigenvalue weighted by Gasteiger charge is -2.11. The molecule has 4 rings (SSSR count). The van der Waals surface area contributed by atoms with Crippen molar-refractivity contribution in [1.82, 2.24) is 15.3 Å². The summed E-state index contributed by atoms with van der Waals surface area (Å²) in [6.07, 6.45) is -2.82. The van der Waals surface area contributed by atoms with Crippen LogP contribution in [0, 0.1) is 0 Å². The zero-order valence-electron chi connectivity index (χ0n) is 14.8. The Bertz CT molecular complexity index is 1110. The first-order valence-corrected chi connectivity index (χ1v) is 8.67. The van der Waals surface area contributed by atoms with E-state index in [1.54, 1.807) is 30.5 Å². The van der Waals surface area contributed by atoms with Crippen LogP contribution in [0.2, 0.25) is 0 Å². The number of benzene rings is 1. The molecule has 0 radical (unpaired) electrons. The molecule has 0 bridgehead atoms. The molecule has 1 aromatic carbocycles. The summed E-state index contributed by atoms with van der Waals surface area (Å²) in [5.41, 5.74) is 3.89. The van der Waals surface area contributed by atoms with Gasteiger partial charge in [0, 0.05) is 41.7 Å². The molecule has 29 heavy (non-hydrogen) atoms. The average molecular weight is 401 g/mol. The van der Waals surface area contributed by atoms with E-state index in [0.717, 1.165) is 17.0 Å². The first kappa shape index (κ1) is 18.7. The number of alkyl halides is 3. The number of carbonyl (C=O) groups excluding carboxylic acids is 2. The fourth-order valence-electron chi connectivity index (χ4n) is 3.09. The van der Waals surface area contributed by atoms with Crippen LogP contribution < -0.4 is 10.1 Å². The molecule has 148 valence electrons. The smallest absolute Gasteiger partial charge is 0.420 e. The van der Waals surface area contributed by atoms with E-state index in [2.05, 4.69) is 20.0 Å². The number of nitrogens with zero attached hydrogens (tertiary/aromatic N) is 1. The number of hydrogen-bond donors (Lipinski definition) is 2. The number of esters is 1. The van der Waals surface area contributed by atoms with Crippen molar-refractivity contribution in [2.75, 3.05) is 6.54 Å². The quantitative estimate of drug-likeness (QED) is 0.520. The Labute approximate surface area is 162 Å². The van der Waals surface area contributed by atoms with Crippen LogP contribution in [0.4, 0.5) is 13.2 Å². The van der Waals surface area contributed by atoms with Crippen LogP contribution in [0.1, 0.15) is 16.1 Å². The minimum atomic E-state index is -5.08. The highest BCUT2D eigenvalue weighted by atomic mass is 19.4. The summed E-state index contributed by atoms with van der Waals surface area (Å²) in [7, 11) is 0. The van der Waals surface area contributed by atoms with Gasteiger partial charge in [-0.3, -0.25) is 9.78 Å². The highest BCUT2D eigenvalue weighted by Crippen LogP contribution is 2.29. The lowest BCUT2D eigenvalue weighted by molar-refractivity contribution is -0.189. The zero-order chi connectivity index (χ0) is 20.6. The number of nitrogens with one attached hydrogen (secondary N) is 2. The van der Waals surface area contributed by atoms with Crippen molar-refractivity contribution in [3.05, 3.63) is 59.9 Å². The Morgan fingerprint density at radius 3 is 2.69 bits per heavy atom. The molecule has 2 aromatic heterocycles. The van der Waals surface area contributed by atoms with Crippen LogP contribution in [0.25, 0.3) is 22.5 Å². The number of fused-ring (bicyclic) bond motifs is 1. The average Bonchev–Trinajstić information content (AvgIpc) is 3.13. The van der Waals surface area contributed by atoms with E-state index in [1.807, 2.05) is 0 Å². The van der Waals surface area contributed by atoms with Crippen molar-refractivity contribution >= 4 is 11.9 Å². The number of rotatable bonds is 3. The van der Waals surface area contributed by atoms with E-state index in [4.69, 9.17) is 0 Å². The summed E-state index contributed by atoms with van der Waals surface area (Å²) < 4.78 is 41.6. The lowest BCUT2D eigenvalue weighted by Crippen LogP contribution is -2.31. The standard InChI is InChI=1S/C20H14F3N3O3/c21-20(22,23)19(28)29-13-3-1-2-11(8-13)16-9-12(4-6-24-16)17-10-14-15(26-17)5-7-25-18(14)27/h1-4,6,8-10,26H,5,7H2,(H,25,27). The van der Waals surface area contributed by atoms with Crippen LogP contribution in [-0.2, 0) is 11.2 Å². The molecule has 6 nitrogen and oxygen atoms in total. The summed E-state index contributed by atoms with van der Waals surface area (Å²) in [5.74, 6) is -2.65. The number of hydrogen-bond acceptors (Lipinski definition) is 4. The van der Waals surface area contributed by atoms with Gasteiger partial charge in [-0.05, 0) is 30.3 Å². The zero-order valence-corrected chi connectivity index (χ0v) is 14.8. The summed E-state index contributed by atoms with van der Waals surface area (Å²) >= 11 is 0. The van der Waals surface area contributed by atoms with E-state index < -0.39 is 12.1 Å².